The van der Waals surface area contributed by atoms with Gasteiger partial charge in [0.05, 0.1) is 13.2 Å². The van der Waals surface area contributed by atoms with Gasteiger partial charge < -0.3 is 9.47 Å². The standard InChI is InChI=1S/C18H20O3/c1-3-21-17-10-8-15(9-11-17)14-4-6-16(7-5-14)18(19)12-13-20-2/h4-11H,3,12-13H2,1-2H3. The van der Waals surface area contributed by atoms with Gasteiger partial charge in [-0.05, 0) is 30.2 Å². The second-order valence-electron chi connectivity index (χ2n) is 4.70. The van der Waals surface area contributed by atoms with Crippen molar-refractivity contribution < 1.29 is 14.3 Å². The number of carbonyl (C=O) groups excluding carboxylic acids is 1. The average molecular weight is 284 g/mol. The number of hydrogen-bond donors (Lipinski definition) is 0. The molecule has 0 heterocycles. The Morgan fingerprint density at radius 2 is 1.52 bits per heavy atom. The highest BCUT2D eigenvalue weighted by Crippen LogP contribution is 2.23. The monoisotopic (exact) mass is 284 g/mol. The summed E-state index contributed by atoms with van der Waals surface area (Å²) in [6.07, 6.45) is 0.416. The smallest absolute Gasteiger partial charge is 0.165 e. The zero-order valence-electron chi connectivity index (χ0n) is 12.5. The van der Waals surface area contributed by atoms with E-state index in [1.54, 1.807) is 7.11 Å². The van der Waals surface area contributed by atoms with E-state index in [0.717, 1.165) is 22.4 Å². The van der Waals surface area contributed by atoms with E-state index in [-0.39, 0.29) is 5.78 Å². The van der Waals surface area contributed by atoms with Crippen LogP contribution in [0.2, 0.25) is 0 Å². The minimum atomic E-state index is 0.107. The zero-order valence-corrected chi connectivity index (χ0v) is 12.5. The quantitative estimate of drug-likeness (QED) is 0.722. The minimum Gasteiger partial charge on any atom is -0.494 e. The van der Waals surface area contributed by atoms with Gasteiger partial charge in [0.15, 0.2) is 5.78 Å². The fraction of sp³-hybridized carbons (Fsp3) is 0.278. The van der Waals surface area contributed by atoms with E-state index in [2.05, 4.69) is 0 Å². The molecule has 0 saturated carbocycles. The lowest BCUT2D eigenvalue weighted by Gasteiger charge is -2.06. The van der Waals surface area contributed by atoms with Gasteiger partial charge in [-0.15, -0.1) is 0 Å². The SMILES string of the molecule is CCOc1ccc(-c2ccc(C(=O)CCOC)cc2)cc1. The molecule has 0 spiro atoms. The van der Waals surface area contributed by atoms with Crippen LogP contribution in [-0.4, -0.2) is 26.1 Å². The summed E-state index contributed by atoms with van der Waals surface area (Å²) >= 11 is 0. The third-order valence-electron chi connectivity index (χ3n) is 3.24. The van der Waals surface area contributed by atoms with Gasteiger partial charge in [-0.25, -0.2) is 0 Å². The number of hydrogen-bond acceptors (Lipinski definition) is 3. The molecule has 0 bridgehead atoms. The number of ether oxygens (including phenoxy) is 2. The molecule has 21 heavy (non-hydrogen) atoms. The number of benzene rings is 2. The van der Waals surface area contributed by atoms with E-state index in [9.17, 15) is 4.79 Å². The molecule has 0 aliphatic carbocycles. The predicted molar refractivity (Wildman–Crippen MR) is 83.9 cm³/mol. The van der Waals surface area contributed by atoms with Crippen LogP contribution in [0.15, 0.2) is 48.5 Å². The maximum Gasteiger partial charge on any atom is 0.165 e. The summed E-state index contributed by atoms with van der Waals surface area (Å²) in [5.41, 5.74) is 2.91. The van der Waals surface area contributed by atoms with Crippen molar-refractivity contribution >= 4 is 5.78 Å². The van der Waals surface area contributed by atoms with Gasteiger partial charge in [-0.2, -0.15) is 0 Å². The Kier molecular flexibility index (Phi) is 5.52. The molecule has 2 aromatic rings. The number of Topliss-reactive ketones (excluding diaryl/α,β-unsaturated/α-hetero) is 1. The van der Waals surface area contributed by atoms with E-state index in [0.29, 0.717) is 19.6 Å². The largest absolute Gasteiger partial charge is 0.494 e. The first-order valence-corrected chi connectivity index (χ1v) is 7.10. The Morgan fingerprint density at radius 3 is 2.05 bits per heavy atom. The molecule has 0 atom stereocenters. The summed E-state index contributed by atoms with van der Waals surface area (Å²) in [7, 11) is 1.60. The second kappa shape index (κ2) is 7.60. The molecule has 0 unspecified atom stereocenters. The van der Waals surface area contributed by atoms with Crippen molar-refractivity contribution in [2.24, 2.45) is 0 Å². The van der Waals surface area contributed by atoms with Crippen molar-refractivity contribution in [3.05, 3.63) is 54.1 Å². The normalized spacial score (nSPS) is 10.4. The Labute approximate surface area is 125 Å². The van der Waals surface area contributed by atoms with Gasteiger partial charge >= 0.3 is 0 Å². The summed E-state index contributed by atoms with van der Waals surface area (Å²) in [6, 6.07) is 15.6. The lowest BCUT2D eigenvalue weighted by atomic mass is 10.0. The van der Waals surface area contributed by atoms with Crippen LogP contribution >= 0.6 is 0 Å². The highest BCUT2D eigenvalue weighted by Gasteiger charge is 2.06. The number of ketones is 1. The summed E-state index contributed by atoms with van der Waals surface area (Å²) < 4.78 is 10.4. The van der Waals surface area contributed by atoms with Crippen molar-refractivity contribution in [1.82, 2.24) is 0 Å². The zero-order chi connectivity index (χ0) is 15.1. The van der Waals surface area contributed by atoms with Gasteiger partial charge in [0.25, 0.3) is 0 Å². The second-order valence-corrected chi connectivity index (χ2v) is 4.70. The fourth-order valence-electron chi connectivity index (χ4n) is 2.10. The number of carbonyl (C=O) groups is 1. The first-order valence-electron chi connectivity index (χ1n) is 7.10. The highest BCUT2D eigenvalue weighted by molar-refractivity contribution is 5.96. The minimum absolute atomic E-state index is 0.107. The number of rotatable bonds is 7. The van der Waals surface area contributed by atoms with Gasteiger partial charge in [0.2, 0.25) is 0 Å². The molecule has 0 aromatic heterocycles. The Balaban J connectivity index is 2.09. The van der Waals surface area contributed by atoms with Crippen LogP contribution in [0.3, 0.4) is 0 Å². The van der Waals surface area contributed by atoms with E-state index in [1.165, 1.54) is 0 Å². The molecule has 110 valence electrons. The Morgan fingerprint density at radius 1 is 0.952 bits per heavy atom. The van der Waals surface area contributed by atoms with Crippen LogP contribution in [0.1, 0.15) is 23.7 Å². The van der Waals surface area contributed by atoms with Crippen molar-refractivity contribution in [1.29, 1.82) is 0 Å². The summed E-state index contributed by atoms with van der Waals surface area (Å²) in [5, 5.41) is 0. The summed E-state index contributed by atoms with van der Waals surface area (Å²) in [4.78, 5) is 11.9. The van der Waals surface area contributed by atoms with Gasteiger partial charge in [0.1, 0.15) is 5.75 Å². The van der Waals surface area contributed by atoms with E-state index in [4.69, 9.17) is 9.47 Å². The van der Waals surface area contributed by atoms with Crippen molar-refractivity contribution in [3.63, 3.8) is 0 Å². The van der Waals surface area contributed by atoms with Crippen molar-refractivity contribution in [3.8, 4) is 16.9 Å². The van der Waals surface area contributed by atoms with Gasteiger partial charge in [0, 0.05) is 19.1 Å². The Hall–Kier alpha value is -2.13. The molecular weight excluding hydrogens is 264 g/mol. The van der Waals surface area contributed by atoms with Crippen LogP contribution in [0.4, 0.5) is 0 Å². The topological polar surface area (TPSA) is 35.5 Å². The third kappa shape index (κ3) is 4.17. The molecular formula is C18H20O3. The molecule has 3 nitrogen and oxygen atoms in total. The van der Waals surface area contributed by atoms with Crippen LogP contribution in [-0.2, 0) is 4.74 Å². The molecule has 2 aromatic carbocycles. The van der Waals surface area contributed by atoms with Crippen molar-refractivity contribution in [2.45, 2.75) is 13.3 Å². The first-order chi connectivity index (χ1) is 10.2. The molecule has 0 aliphatic heterocycles. The molecule has 0 saturated heterocycles. The van der Waals surface area contributed by atoms with E-state index < -0.39 is 0 Å². The Bertz CT molecular complexity index is 570. The highest BCUT2D eigenvalue weighted by atomic mass is 16.5. The molecule has 3 heteroatoms. The average Bonchev–Trinajstić information content (AvgIpc) is 2.54. The predicted octanol–water partition coefficient (Wildman–Crippen LogP) is 3.97. The molecule has 2 rings (SSSR count). The lowest BCUT2D eigenvalue weighted by Crippen LogP contribution is -2.02. The molecule has 0 radical (unpaired) electrons. The van der Waals surface area contributed by atoms with Gasteiger partial charge in [-0.3, -0.25) is 4.79 Å². The summed E-state index contributed by atoms with van der Waals surface area (Å²) in [5.74, 6) is 0.975. The fourth-order valence-corrected chi connectivity index (χ4v) is 2.10. The number of methoxy groups -OCH3 is 1. The summed E-state index contributed by atoms with van der Waals surface area (Å²) in [6.45, 7) is 3.09. The molecule has 0 amide bonds. The van der Waals surface area contributed by atoms with Crippen LogP contribution in [0.25, 0.3) is 11.1 Å². The first kappa shape index (κ1) is 15.3. The lowest BCUT2D eigenvalue weighted by molar-refractivity contribution is 0.0932. The molecule has 0 fully saturated rings. The maximum atomic E-state index is 11.9. The van der Waals surface area contributed by atoms with E-state index >= 15 is 0 Å². The maximum absolute atomic E-state index is 11.9. The van der Waals surface area contributed by atoms with E-state index in [1.807, 2.05) is 55.5 Å². The van der Waals surface area contributed by atoms with Crippen LogP contribution in [0, 0.1) is 0 Å². The third-order valence-corrected chi connectivity index (χ3v) is 3.24. The van der Waals surface area contributed by atoms with Gasteiger partial charge in [-0.1, -0.05) is 36.4 Å². The van der Waals surface area contributed by atoms with Crippen LogP contribution in [0.5, 0.6) is 5.75 Å². The molecule has 0 aliphatic rings. The van der Waals surface area contributed by atoms with Crippen LogP contribution < -0.4 is 4.74 Å². The van der Waals surface area contributed by atoms with Crippen molar-refractivity contribution in [2.75, 3.05) is 20.3 Å². The molecule has 0 N–H and O–H groups in total.